The lowest BCUT2D eigenvalue weighted by Crippen LogP contribution is -2.09. The molecular formula is C14H15ClN2O2. The zero-order chi connectivity index (χ0) is 14.0. The number of benzene rings is 1. The zero-order valence-corrected chi connectivity index (χ0v) is 11.5. The van der Waals surface area contributed by atoms with Crippen molar-refractivity contribution in [3.63, 3.8) is 0 Å². The second kappa shape index (κ2) is 5.47. The Morgan fingerprint density at radius 1 is 1.32 bits per heavy atom. The van der Waals surface area contributed by atoms with Crippen molar-refractivity contribution < 1.29 is 9.84 Å². The molecule has 5 heteroatoms. The molecule has 0 radical (unpaired) electrons. The monoisotopic (exact) mass is 278 g/mol. The maximum absolute atomic E-state index is 10.6. The number of pyridine rings is 1. The Bertz CT molecular complexity index is 582. The molecule has 2 aromatic rings. The average molecular weight is 279 g/mol. The smallest absolute Gasteiger partial charge is 0.129 e. The molecule has 0 amide bonds. The predicted molar refractivity (Wildman–Crippen MR) is 75.5 cm³/mol. The number of rotatable bonds is 3. The van der Waals surface area contributed by atoms with Crippen LogP contribution in [0.4, 0.5) is 5.82 Å². The Morgan fingerprint density at radius 3 is 2.68 bits per heavy atom. The lowest BCUT2D eigenvalue weighted by Gasteiger charge is -2.19. The van der Waals surface area contributed by atoms with E-state index in [0.29, 0.717) is 21.9 Å². The van der Waals surface area contributed by atoms with Gasteiger partial charge in [-0.05, 0) is 30.7 Å². The molecule has 0 aliphatic heterocycles. The number of nitrogen functional groups attached to an aromatic ring is 1. The lowest BCUT2D eigenvalue weighted by atomic mass is 9.97. The van der Waals surface area contributed by atoms with E-state index in [2.05, 4.69) is 4.98 Å². The van der Waals surface area contributed by atoms with Gasteiger partial charge < -0.3 is 15.6 Å². The Labute approximate surface area is 116 Å². The van der Waals surface area contributed by atoms with Crippen molar-refractivity contribution in [2.24, 2.45) is 0 Å². The summed E-state index contributed by atoms with van der Waals surface area (Å²) < 4.78 is 5.24. The molecule has 0 bridgehead atoms. The molecule has 0 fully saturated rings. The Balaban J connectivity index is 2.59. The molecule has 1 atom stereocenters. The van der Waals surface area contributed by atoms with Gasteiger partial charge in [0.2, 0.25) is 0 Å². The number of halogens is 1. The highest BCUT2D eigenvalue weighted by atomic mass is 35.5. The van der Waals surface area contributed by atoms with E-state index in [1.54, 1.807) is 30.5 Å². The number of aliphatic hydroxyl groups excluding tert-OH is 1. The van der Waals surface area contributed by atoms with E-state index in [9.17, 15) is 5.11 Å². The predicted octanol–water partition coefficient (Wildman–Crippen LogP) is 2.72. The third kappa shape index (κ3) is 2.50. The van der Waals surface area contributed by atoms with Crippen molar-refractivity contribution in [3.8, 4) is 5.75 Å². The summed E-state index contributed by atoms with van der Waals surface area (Å²) in [6.07, 6.45) is 0.627. The van der Waals surface area contributed by atoms with E-state index in [4.69, 9.17) is 22.1 Å². The van der Waals surface area contributed by atoms with Crippen LogP contribution in [0.3, 0.4) is 0 Å². The van der Waals surface area contributed by atoms with Gasteiger partial charge in [0.25, 0.3) is 0 Å². The highest BCUT2D eigenvalue weighted by molar-refractivity contribution is 6.31. The standard InChI is InChI=1S/C14H15ClN2O2/c1-8-6-7-17-14(16)11(8)13(18)12-9(15)4-3-5-10(12)19-2/h3-7,13,18H,1-2H3,(H2,16,17). The van der Waals surface area contributed by atoms with Crippen molar-refractivity contribution >= 4 is 17.4 Å². The van der Waals surface area contributed by atoms with Crippen LogP contribution >= 0.6 is 11.6 Å². The molecule has 1 heterocycles. The van der Waals surface area contributed by atoms with Gasteiger partial charge in [0.1, 0.15) is 17.7 Å². The van der Waals surface area contributed by atoms with Crippen LogP contribution in [0.25, 0.3) is 0 Å². The largest absolute Gasteiger partial charge is 0.496 e. The number of aromatic nitrogens is 1. The molecule has 19 heavy (non-hydrogen) atoms. The van der Waals surface area contributed by atoms with Gasteiger partial charge >= 0.3 is 0 Å². The van der Waals surface area contributed by atoms with Gasteiger partial charge in [0.15, 0.2) is 0 Å². The number of aryl methyl sites for hydroxylation is 1. The molecule has 0 aliphatic carbocycles. The van der Waals surface area contributed by atoms with E-state index in [-0.39, 0.29) is 5.82 Å². The fraction of sp³-hybridized carbons (Fsp3) is 0.214. The number of nitrogens with two attached hydrogens (primary N) is 1. The highest BCUT2D eigenvalue weighted by Gasteiger charge is 2.22. The fourth-order valence-electron chi connectivity index (χ4n) is 2.05. The minimum absolute atomic E-state index is 0.287. The van der Waals surface area contributed by atoms with E-state index in [1.165, 1.54) is 7.11 Å². The van der Waals surface area contributed by atoms with Crippen LogP contribution in [-0.2, 0) is 0 Å². The average Bonchev–Trinajstić information content (AvgIpc) is 2.37. The number of nitrogens with zero attached hydrogens (tertiary/aromatic N) is 1. The maximum Gasteiger partial charge on any atom is 0.129 e. The number of ether oxygens (including phenoxy) is 1. The van der Waals surface area contributed by atoms with Crippen LogP contribution < -0.4 is 10.5 Å². The maximum atomic E-state index is 10.6. The first-order valence-corrected chi connectivity index (χ1v) is 6.15. The van der Waals surface area contributed by atoms with Crippen molar-refractivity contribution in [2.45, 2.75) is 13.0 Å². The van der Waals surface area contributed by atoms with Gasteiger partial charge in [0, 0.05) is 17.3 Å². The van der Waals surface area contributed by atoms with Gasteiger partial charge in [-0.2, -0.15) is 0 Å². The van der Waals surface area contributed by atoms with Crippen LogP contribution in [0.5, 0.6) is 5.75 Å². The third-order valence-electron chi connectivity index (χ3n) is 3.02. The summed E-state index contributed by atoms with van der Waals surface area (Å²) in [6, 6.07) is 6.99. The number of aliphatic hydroxyl groups is 1. The number of methoxy groups -OCH3 is 1. The molecule has 0 aliphatic rings. The van der Waals surface area contributed by atoms with Crippen molar-refractivity contribution in [2.75, 3.05) is 12.8 Å². The Hall–Kier alpha value is -1.78. The quantitative estimate of drug-likeness (QED) is 0.906. The summed E-state index contributed by atoms with van der Waals surface area (Å²) >= 11 is 6.16. The van der Waals surface area contributed by atoms with Crippen molar-refractivity contribution in [1.82, 2.24) is 4.98 Å². The number of hydrogen-bond donors (Lipinski definition) is 2. The van der Waals surface area contributed by atoms with Crippen molar-refractivity contribution in [3.05, 3.63) is 52.2 Å². The summed E-state index contributed by atoms with van der Waals surface area (Å²) in [7, 11) is 1.53. The fourth-order valence-corrected chi connectivity index (χ4v) is 2.32. The van der Waals surface area contributed by atoms with E-state index >= 15 is 0 Å². The number of anilines is 1. The first-order valence-electron chi connectivity index (χ1n) is 5.77. The normalized spacial score (nSPS) is 12.2. The molecule has 0 saturated heterocycles. The zero-order valence-electron chi connectivity index (χ0n) is 10.7. The van der Waals surface area contributed by atoms with Gasteiger partial charge in [-0.15, -0.1) is 0 Å². The van der Waals surface area contributed by atoms with Crippen molar-refractivity contribution in [1.29, 1.82) is 0 Å². The van der Waals surface area contributed by atoms with Crippen LogP contribution in [0.2, 0.25) is 5.02 Å². The topological polar surface area (TPSA) is 68.4 Å². The molecule has 100 valence electrons. The van der Waals surface area contributed by atoms with Crippen LogP contribution in [0.15, 0.2) is 30.5 Å². The molecule has 1 unspecified atom stereocenters. The molecule has 2 rings (SSSR count). The van der Waals surface area contributed by atoms with Gasteiger partial charge in [-0.1, -0.05) is 17.7 Å². The number of hydrogen-bond acceptors (Lipinski definition) is 4. The summed E-state index contributed by atoms with van der Waals surface area (Å²) in [5, 5.41) is 11.0. The van der Waals surface area contributed by atoms with Crippen LogP contribution in [0, 0.1) is 6.92 Å². The molecular weight excluding hydrogens is 264 g/mol. The summed E-state index contributed by atoms with van der Waals surface area (Å²) in [5.41, 5.74) is 7.74. The van der Waals surface area contributed by atoms with Crippen LogP contribution in [0.1, 0.15) is 22.8 Å². The summed E-state index contributed by atoms with van der Waals surface area (Å²) in [5.74, 6) is 0.803. The molecule has 1 aromatic carbocycles. The van der Waals surface area contributed by atoms with E-state index in [0.717, 1.165) is 5.56 Å². The second-order valence-corrected chi connectivity index (χ2v) is 4.59. The van der Waals surface area contributed by atoms with Crippen LogP contribution in [-0.4, -0.2) is 17.2 Å². The molecule has 0 spiro atoms. The van der Waals surface area contributed by atoms with Gasteiger partial charge in [-0.25, -0.2) is 4.98 Å². The van der Waals surface area contributed by atoms with Gasteiger partial charge in [0.05, 0.1) is 12.1 Å². The van der Waals surface area contributed by atoms with Gasteiger partial charge in [-0.3, -0.25) is 0 Å². The second-order valence-electron chi connectivity index (χ2n) is 4.19. The first-order chi connectivity index (χ1) is 9.06. The van der Waals surface area contributed by atoms with E-state index < -0.39 is 6.10 Å². The summed E-state index contributed by atoms with van der Waals surface area (Å²) in [6.45, 7) is 1.86. The minimum atomic E-state index is -0.975. The van der Waals surface area contributed by atoms with E-state index in [1.807, 2.05) is 6.92 Å². The Kier molecular flexibility index (Phi) is 3.93. The molecule has 4 nitrogen and oxygen atoms in total. The molecule has 3 N–H and O–H groups in total. The first kappa shape index (κ1) is 13.6. The Morgan fingerprint density at radius 2 is 2.05 bits per heavy atom. The highest BCUT2D eigenvalue weighted by Crippen LogP contribution is 2.37. The molecule has 0 saturated carbocycles. The SMILES string of the molecule is COc1cccc(Cl)c1C(O)c1c(C)ccnc1N. The lowest BCUT2D eigenvalue weighted by molar-refractivity contribution is 0.214. The third-order valence-corrected chi connectivity index (χ3v) is 3.35. The summed E-state index contributed by atoms with van der Waals surface area (Å²) in [4.78, 5) is 4.01. The minimum Gasteiger partial charge on any atom is -0.496 e. The molecule has 1 aromatic heterocycles.